The van der Waals surface area contributed by atoms with Crippen LogP contribution in [0.5, 0.6) is 0 Å². The van der Waals surface area contributed by atoms with Gasteiger partial charge in [0.1, 0.15) is 11.6 Å². The molecule has 0 spiro atoms. The summed E-state index contributed by atoms with van der Waals surface area (Å²) >= 11 is 0. The van der Waals surface area contributed by atoms with Crippen LogP contribution in [-0.2, 0) is 0 Å². The van der Waals surface area contributed by atoms with Crippen molar-refractivity contribution in [2.75, 3.05) is 0 Å². The molecule has 0 radical (unpaired) electrons. The first kappa shape index (κ1) is 18.3. The fraction of sp³-hybridized carbons (Fsp3) is 0.286. The second kappa shape index (κ2) is 7.88. The molecular formula is C21H20F2N4O. The Morgan fingerprint density at radius 3 is 2.18 bits per heavy atom. The second-order valence-electron chi connectivity index (χ2n) is 6.96. The zero-order valence-electron chi connectivity index (χ0n) is 15.2. The number of rotatable bonds is 4. The maximum absolute atomic E-state index is 13.3. The topological polar surface area (TPSA) is 59.8 Å². The van der Waals surface area contributed by atoms with Crippen LogP contribution in [0.1, 0.15) is 42.7 Å². The van der Waals surface area contributed by atoms with Gasteiger partial charge in [-0.15, -0.1) is 5.10 Å². The number of aromatic nitrogens is 3. The maximum Gasteiger partial charge on any atom is 0.291 e. The number of benzene rings is 2. The summed E-state index contributed by atoms with van der Waals surface area (Å²) in [6, 6.07) is 11.7. The lowest BCUT2D eigenvalue weighted by Gasteiger charge is -2.21. The van der Waals surface area contributed by atoms with Crippen molar-refractivity contribution >= 4 is 5.91 Å². The number of nitrogens with one attached hydrogen (secondary N) is 1. The molecule has 0 atom stereocenters. The van der Waals surface area contributed by atoms with Gasteiger partial charge in [-0.05, 0) is 61.4 Å². The van der Waals surface area contributed by atoms with Crippen molar-refractivity contribution in [1.29, 1.82) is 0 Å². The first-order chi connectivity index (χ1) is 13.6. The summed E-state index contributed by atoms with van der Waals surface area (Å²) in [7, 11) is 0. The molecule has 1 amide bonds. The fourth-order valence-electron chi connectivity index (χ4n) is 3.45. The van der Waals surface area contributed by atoms with E-state index in [0.29, 0.717) is 17.1 Å². The highest BCUT2D eigenvalue weighted by molar-refractivity contribution is 5.91. The van der Waals surface area contributed by atoms with Crippen LogP contribution < -0.4 is 5.32 Å². The zero-order valence-corrected chi connectivity index (χ0v) is 15.2. The predicted molar refractivity (Wildman–Crippen MR) is 101 cm³/mol. The van der Waals surface area contributed by atoms with Crippen LogP contribution in [0.3, 0.4) is 0 Å². The van der Waals surface area contributed by atoms with E-state index in [2.05, 4.69) is 15.4 Å². The molecule has 7 heteroatoms. The van der Waals surface area contributed by atoms with Crippen LogP contribution in [0.2, 0.25) is 0 Å². The van der Waals surface area contributed by atoms with Crippen LogP contribution in [0.25, 0.3) is 17.1 Å². The quantitative estimate of drug-likeness (QED) is 0.733. The smallest absolute Gasteiger partial charge is 0.291 e. The number of hydrogen-bond acceptors (Lipinski definition) is 3. The molecule has 1 fully saturated rings. The van der Waals surface area contributed by atoms with Crippen LogP contribution in [0, 0.1) is 11.6 Å². The molecule has 1 saturated carbocycles. The molecule has 1 aromatic heterocycles. The van der Waals surface area contributed by atoms with E-state index < -0.39 is 0 Å². The summed E-state index contributed by atoms with van der Waals surface area (Å²) in [5.41, 5.74) is 1.17. The number of hydrogen-bond donors (Lipinski definition) is 1. The Hall–Kier alpha value is -3.09. The summed E-state index contributed by atoms with van der Waals surface area (Å²) < 4.78 is 28.1. The summed E-state index contributed by atoms with van der Waals surface area (Å²) in [6.45, 7) is 0. The molecule has 2 aromatic carbocycles. The largest absolute Gasteiger partial charge is 0.347 e. The molecule has 144 valence electrons. The highest BCUT2D eigenvalue weighted by Crippen LogP contribution is 2.23. The van der Waals surface area contributed by atoms with Crippen molar-refractivity contribution < 1.29 is 13.6 Å². The molecule has 0 saturated heterocycles. The molecule has 1 aliphatic carbocycles. The van der Waals surface area contributed by atoms with Gasteiger partial charge in [0.15, 0.2) is 5.82 Å². The summed E-state index contributed by atoms with van der Waals surface area (Å²) in [5.74, 6) is -0.653. The lowest BCUT2D eigenvalue weighted by molar-refractivity contribution is 0.0917. The third-order valence-electron chi connectivity index (χ3n) is 4.92. The molecule has 0 aliphatic heterocycles. The van der Waals surface area contributed by atoms with E-state index in [1.54, 1.807) is 24.3 Å². The first-order valence-corrected chi connectivity index (χ1v) is 9.40. The summed E-state index contributed by atoms with van der Waals surface area (Å²) in [5, 5.41) is 7.35. The zero-order chi connectivity index (χ0) is 19.5. The molecule has 1 heterocycles. The monoisotopic (exact) mass is 382 g/mol. The first-order valence-electron chi connectivity index (χ1n) is 9.40. The van der Waals surface area contributed by atoms with Crippen molar-refractivity contribution in [3.8, 4) is 17.1 Å². The van der Waals surface area contributed by atoms with E-state index in [1.807, 2.05) is 0 Å². The van der Waals surface area contributed by atoms with Gasteiger partial charge in [0, 0.05) is 11.6 Å². The Kier molecular flexibility index (Phi) is 5.14. The minimum Gasteiger partial charge on any atom is -0.347 e. The Bertz CT molecular complexity index is 898. The molecule has 4 rings (SSSR count). The van der Waals surface area contributed by atoms with Crippen molar-refractivity contribution in [3.05, 3.63) is 66.0 Å². The lowest BCUT2D eigenvalue weighted by Crippen LogP contribution is -2.36. The highest BCUT2D eigenvalue weighted by Gasteiger charge is 2.22. The van der Waals surface area contributed by atoms with Gasteiger partial charge in [0.05, 0.1) is 5.69 Å². The van der Waals surface area contributed by atoms with Crippen molar-refractivity contribution in [2.24, 2.45) is 0 Å². The van der Waals surface area contributed by atoms with Gasteiger partial charge < -0.3 is 5.32 Å². The molecule has 28 heavy (non-hydrogen) atoms. The Labute approximate surface area is 161 Å². The van der Waals surface area contributed by atoms with Gasteiger partial charge >= 0.3 is 0 Å². The average Bonchev–Trinajstić information content (AvgIpc) is 3.15. The number of halogens is 2. The lowest BCUT2D eigenvalue weighted by atomic mass is 9.95. The Morgan fingerprint density at radius 1 is 0.929 bits per heavy atom. The maximum atomic E-state index is 13.3. The average molecular weight is 382 g/mol. The minimum absolute atomic E-state index is 0.0363. The molecule has 3 aromatic rings. The Morgan fingerprint density at radius 2 is 1.54 bits per heavy atom. The van der Waals surface area contributed by atoms with Gasteiger partial charge in [0.25, 0.3) is 5.91 Å². The third-order valence-corrected chi connectivity index (χ3v) is 4.92. The van der Waals surface area contributed by atoms with Crippen LogP contribution in [0.15, 0.2) is 48.5 Å². The van der Waals surface area contributed by atoms with Gasteiger partial charge in [-0.3, -0.25) is 4.79 Å². The van der Waals surface area contributed by atoms with Crippen molar-refractivity contribution in [1.82, 2.24) is 20.1 Å². The highest BCUT2D eigenvalue weighted by atomic mass is 19.1. The minimum atomic E-state index is -0.373. The molecule has 1 aliphatic rings. The number of amides is 1. The van der Waals surface area contributed by atoms with Gasteiger partial charge in [-0.2, -0.15) is 0 Å². The SMILES string of the molecule is O=C(NC1CCCCC1)c1nc(-c2ccc(F)cc2)n(-c2ccc(F)cc2)n1. The van der Waals surface area contributed by atoms with Crippen LogP contribution in [0.4, 0.5) is 8.78 Å². The van der Waals surface area contributed by atoms with E-state index in [1.165, 1.54) is 35.4 Å². The van der Waals surface area contributed by atoms with E-state index >= 15 is 0 Å². The molecule has 0 bridgehead atoms. The van der Waals surface area contributed by atoms with E-state index in [-0.39, 0.29) is 29.4 Å². The van der Waals surface area contributed by atoms with Gasteiger partial charge in [-0.25, -0.2) is 18.4 Å². The third kappa shape index (κ3) is 3.93. The predicted octanol–water partition coefficient (Wildman–Crippen LogP) is 4.28. The number of nitrogens with zero attached hydrogens (tertiary/aromatic N) is 3. The molecule has 0 unspecified atom stereocenters. The Balaban J connectivity index is 1.69. The normalized spacial score (nSPS) is 14.8. The van der Waals surface area contributed by atoms with Crippen molar-refractivity contribution in [3.63, 3.8) is 0 Å². The van der Waals surface area contributed by atoms with E-state index in [0.717, 1.165) is 25.7 Å². The van der Waals surface area contributed by atoms with Crippen LogP contribution in [-0.4, -0.2) is 26.7 Å². The fourth-order valence-corrected chi connectivity index (χ4v) is 3.45. The van der Waals surface area contributed by atoms with Gasteiger partial charge in [-0.1, -0.05) is 19.3 Å². The molecule has 1 N–H and O–H groups in total. The van der Waals surface area contributed by atoms with E-state index in [9.17, 15) is 13.6 Å². The van der Waals surface area contributed by atoms with Crippen LogP contribution >= 0.6 is 0 Å². The van der Waals surface area contributed by atoms with E-state index in [4.69, 9.17) is 0 Å². The molecular weight excluding hydrogens is 362 g/mol. The summed E-state index contributed by atoms with van der Waals surface area (Å²) in [4.78, 5) is 17.1. The summed E-state index contributed by atoms with van der Waals surface area (Å²) in [6.07, 6.45) is 5.30. The number of carbonyl (C=O) groups excluding carboxylic acids is 1. The molecule has 5 nitrogen and oxygen atoms in total. The number of carbonyl (C=O) groups is 1. The van der Waals surface area contributed by atoms with Crippen molar-refractivity contribution in [2.45, 2.75) is 38.1 Å². The second-order valence-corrected chi connectivity index (χ2v) is 6.96. The standard InChI is InChI=1S/C21H20F2N4O/c22-15-8-6-14(7-9-15)20-25-19(21(28)24-17-4-2-1-3-5-17)26-27(20)18-12-10-16(23)11-13-18/h6-13,17H,1-5H2,(H,24,28). The van der Waals surface area contributed by atoms with Gasteiger partial charge in [0.2, 0.25) is 5.82 Å².